The fraction of sp³-hybridized carbons (Fsp3) is 0.500. The number of halogens is 1. The summed E-state index contributed by atoms with van der Waals surface area (Å²) in [6.45, 7) is 6.06. The second kappa shape index (κ2) is 10.8. The fourth-order valence-electron chi connectivity index (χ4n) is 3.96. The highest BCUT2D eigenvalue weighted by molar-refractivity contribution is 5.14. The molecule has 29 heavy (non-hydrogen) atoms. The molecule has 158 valence electrons. The van der Waals surface area contributed by atoms with Gasteiger partial charge in [-0.15, -0.1) is 0 Å². The SMILES string of the molecule is CCOC1(OCC)[C@H](COCc2ccccc2)[C@@H](COCc2ccccc2)[C@@H]1F. The molecule has 2 aromatic rings. The first-order chi connectivity index (χ1) is 14.2. The van der Waals surface area contributed by atoms with Crippen LogP contribution in [0.15, 0.2) is 60.7 Å². The van der Waals surface area contributed by atoms with E-state index in [2.05, 4.69) is 0 Å². The smallest absolute Gasteiger partial charge is 0.205 e. The zero-order valence-electron chi connectivity index (χ0n) is 17.3. The first-order valence-corrected chi connectivity index (χ1v) is 10.4. The van der Waals surface area contributed by atoms with Crippen LogP contribution in [0.3, 0.4) is 0 Å². The van der Waals surface area contributed by atoms with Crippen LogP contribution in [0.25, 0.3) is 0 Å². The lowest BCUT2D eigenvalue weighted by atomic mass is 9.66. The van der Waals surface area contributed by atoms with Crippen LogP contribution < -0.4 is 0 Å². The molecule has 0 aromatic heterocycles. The minimum Gasteiger partial charge on any atom is -0.376 e. The molecule has 0 unspecified atom stereocenters. The third-order valence-electron chi connectivity index (χ3n) is 5.36. The first kappa shape index (κ1) is 21.9. The molecule has 1 saturated carbocycles. The standard InChI is InChI=1S/C24H31FO4/c1-3-28-24(29-4-2)22(18-27-16-20-13-9-6-10-14-20)21(23(24)25)17-26-15-19-11-7-5-8-12-19/h5-14,21-23H,3-4,15-18H2,1-2H3/t21-,22-,23+/m1/s1. The van der Waals surface area contributed by atoms with Crippen LogP contribution in [-0.2, 0) is 32.2 Å². The Morgan fingerprint density at radius 2 is 1.24 bits per heavy atom. The molecule has 0 saturated heterocycles. The van der Waals surface area contributed by atoms with Crippen molar-refractivity contribution in [3.63, 3.8) is 0 Å². The zero-order chi connectivity index (χ0) is 20.5. The number of rotatable bonds is 12. The van der Waals surface area contributed by atoms with E-state index >= 15 is 4.39 Å². The van der Waals surface area contributed by atoms with Gasteiger partial charge in [-0.1, -0.05) is 60.7 Å². The Bertz CT molecular complexity index is 703. The van der Waals surface area contributed by atoms with Gasteiger partial charge in [-0.25, -0.2) is 4.39 Å². The molecule has 1 fully saturated rings. The average Bonchev–Trinajstić information content (AvgIpc) is 2.76. The third-order valence-corrected chi connectivity index (χ3v) is 5.36. The summed E-state index contributed by atoms with van der Waals surface area (Å²) in [7, 11) is 0. The van der Waals surface area contributed by atoms with Crippen molar-refractivity contribution in [1.82, 2.24) is 0 Å². The number of hydrogen-bond acceptors (Lipinski definition) is 4. The highest BCUT2D eigenvalue weighted by Crippen LogP contribution is 2.50. The summed E-state index contributed by atoms with van der Waals surface area (Å²) in [4.78, 5) is 0. The van der Waals surface area contributed by atoms with Crippen molar-refractivity contribution >= 4 is 0 Å². The minimum absolute atomic E-state index is 0.225. The summed E-state index contributed by atoms with van der Waals surface area (Å²) in [5, 5.41) is 0. The lowest BCUT2D eigenvalue weighted by Crippen LogP contribution is -2.69. The Balaban J connectivity index is 1.61. The second-order valence-corrected chi connectivity index (χ2v) is 7.26. The van der Waals surface area contributed by atoms with Crippen molar-refractivity contribution in [2.75, 3.05) is 26.4 Å². The van der Waals surface area contributed by atoms with Gasteiger partial charge in [0.2, 0.25) is 5.79 Å². The van der Waals surface area contributed by atoms with E-state index in [1.807, 2.05) is 74.5 Å². The highest BCUT2D eigenvalue weighted by atomic mass is 19.1. The van der Waals surface area contributed by atoms with Crippen LogP contribution in [0.5, 0.6) is 0 Å². The minimum atomic E-state index is -1.25. The molecule has 2 aromatic carbocycles. The van der Waals surface area contributed by atoms with Gasteiger partial charge >= 0.3 is 0 Å². The van der Waals surface area contributed by atoms with Crippen LogP contribution in [0, 0.1) is 11.8 Å². The molecule has 0 N–H and O–H groups in total. The zero-order valence-corrected chi connectivity index (χ0v) is 17.3. The predicted octanol–water partition coefficient (Wildman–Crippen LogP) is 4.77. The number of hydrogen-bond donors (Lipinski definition) is 0. The predicted molar refractivity (Wildman–Crippen MR) is 110 cm³/mol. The van der Waals surface area contributed by atoms with Gasteiger partial charge in [-0.3, -0.25) is 0 Å². The van der Waals surface area contributed by atoms with E-state index in [-0.39, 0.29) is 11.8 Å². The summed E-state index contributed by atoms with van der Waals surface area (Å²) in [6.07, 6.45) is -1.25. The van der Waals surface area contributed by atoms with E-state index in [0.717, 1.165) is 11.1 Å². The summed E-state index contributed by atoms with van der Waals surface area (Å²) in [5.74, 6) is -1.80. The van der Waals surface area contributed by atoms with Crippen molar-refractivity contribution < 1.29 is 23.3 Å². The van der Waals surface area contributed by atoms with E-state index < -0.39 is 12.0 Å². The number of ether oxygens (including phenoxy) is 4. The molecule has 5 heteroatoms. The maximum absolute atomic E-state index is 15.2. The van der Waals surface area contributed by atoms with Gasteiger partial charge in [0.25, 0.3) is 0 Å². The third kappa shape index (κ3) is 5.23. The summed E-state index contributed by atoms with van der Waals surface area (Å²) in [6, 6.07) is 19.8. The summed E-state index contributed by atoms with van der Waals surface area (Å²) in [5.41, 5.74) is 2.15. The van der Waals surface area contributed by atoms with Crippen molar-refractivity contribution in [3.05, 3.63) is 71.8 Å². The van der Waals surface area contributed by atoms with Crippen molar-refractivity contribution in [2.24, 2.45) is 11.8 Å². The van der Waals surface area contributed by atoms with Crippen molar-refractivity contribution in [3.8, 4) is 0 Å². The Morgan fingerprint density at radius 1 is 0.759 bits per heavy atom. The van der Waals surface area contributed by atoms with E-state index in [1.54, 1.807) is 0 Å². The van der Waals surface area contributed by atoms with Gasteiger partial charge < -0.3 is 18.9 Å². The largest absolute Gasteiger partial charge is 0.376 e. The monoisotopic (exact) mass is 402 g/mol. The molecule has 4 nitrogen and oxygen atoms in total. The molecule has 3 atom stereocenters. The second-order valence-electron chi connectivity index (χ2n) is 7.26. The molecule has 0 heterocycles. The van der Waals surface area contributed by atoms with Gasteiger partial charge in [0.15, 0.2) is 6.17 Å². The molecule has 3 rings (SSSR count). The number of alkyl halides is 1. The van der Waals surface area contributed by atoms with Crippen LogP contribution >= 0.6 is 0 Å². The quantitative estimate of drug-likeness (QED) is 0.479. The maximum atomic E-state index is 15.2. The van der Waals surface area contributed by atoms with Crippen molar-refractivity contribution in [1.29, 1.82) is 0 Å². The van der Waals surface area contributed by atoms with E-state index in [0.29, 0.717) is 39.6 Å². The normalized spacial score (nSPS) is 22.9. The summed E-state index contributed by atoms with van der Waals surface area (Å²) < 4.78 is 38.6. The molecule has 0 spiro atoms. The van der Waals surface area contributed by atoms with E-state index in [1.165, 1.54) is 0 Å². The Kier molecular flexibility index (Phi) is 8.19. The van der Waals surface area contributed by atoms with Crippen LogP contribution in [0.4, 0.5) is 4.39 Å². The average molecular weight is 403 g/mol. The molecular weight excluding hydrogens is 371 g/mol. The highest BCUT2D eigenvalue weighted by Gasteiger charge is 2.65. The van der Waals surface area contributed by atoms with Gasteiger partial charge in [0.1, 0.15) is 0 Å². The fourth-order valence-corrected chi connectivity index (χ4v) is 3.96. The van der Waals surface area contributed by atoms with Crippen LogP contribution in [0.1, 0.15) is 25.0 Å². The van der Waals surface area contributed by atoms with Crippen LogP contribution in [-0.4, -0.2) is 38.4 Å². The van der Waals surface area contributed by atoms with Crippen molar-refractivity contribution in [2.45, 2.75) is 39.0 Å². The molecule has 1 aliphatic rings. The topological polar surface area (TPSA) is 36.9 Å². The Morgan fingerprint density at radius 3 is 1.72 bits per heavy atom. The van der Waals surface area contributed by atoms with Crippen LogP contribution in [0.2, 0.25) is 0 Å². The molecule has 0 bridgehead atoms. The molecular formula is C24H31FO4. The first-order valence-electron chi connectivity index (χ1n) is 10.4. The lowest BCUT2D eigenvalue weighted by Gasteiger charge is -2.55. The molecule has 1 aliphatic carbocycles. The van der Waals surface area contributed by atoms with E-state index in [4.69, 9.17) is 18.9 Å². The molecule has 0 aliphatic heterocycles. The van der Waals surface area contributed by atoms with Gasteiger partial charge in [-0.2, -0.15) is 0 Å². The summed E-state index contributed by atoms with van der Waals surface area (Å²) >= 11 is 0. The number of benzene rings is 2. The lowest BCUT2D eigenvalue weighted by molar-refractivity contribution is -0.376. The van der Waals surface area contributed by atoms with E-state index in [9.17, 15) is 0 Å². The molecule has 0 radical (unpaired) electrons. The molecule has 0 amide bonds. The van der Waals surface area contributed by atoms with Gasteiger partial charge in [0.05, 0.1) is 26.4 Å². The van der Waals surface area contributed by atoms with Gasteiger partial charge in [-0.05, 0) is 25.0 Å². The maximum Gasteiger partial charge on any atom is 0.205 e. The van der Waals surface area contributed by atoms with Gasteiger partial charge in [0, 0.05) is 25.0 Å². The Labute approximate surface area is 172 Å². The Hall–Kier alpha value is -1.79.